The van der Waals surface area contributed by atoms with E-state index >= 15 is 0 Å². The zero-order valence-electron chi connectivity index (χ0n) is 27.7. The number of nitrogens with zero attached hydrogens (tertiary/aromatic N) is 2. The standard InChI is InChI=1S/C35H40N4O9/c1-7-48-24(40)15-37-34(46)18-10-8-9-17(11-18)20-14-23(38(3)4)21-12-19-13-22-28(39(5)6)31(43)27(33(36)45)32(44)35(22,47)16(2)25(19)30(42)26(21)29(20)41/h8-11,14,19,22,28,41,43,47H,7,12-13,15H2,1-6H3,(H2,36,45)(H,37,46)/t19-,22-,28+,35+/m0/s1. The average molecular weight is 661 g/mol. The minimum Gasteiger partial charge on any atom is -0.510 e. The van der Waals surface area contributed by atoms with E-state index in [1.807, 2.05) is 4.90 Å². The molecule has 0 saturated carbocycles. The lowest BCUT2D eigenvalue weighted by Gasteiger charge is -2.51. The average Bonchev–Trinajstić information content (AvgIpc) is 3.01. The van der Waals surface area contributed by atoms with Crippen LogP contribution in [0.5, 0.6) is 5.75 Å². The maximum atomic E-state index is 14.5. The fourth-order valence-corrected chi connectivity index (χ4v) is 7.55. The summed E-state index contributed by atoms with van der Waals surface area (Å²) >= 11 is 0. The summed E-state index contributed by atoms with van der Waals surface area (Å²) in [4.78, 5) is 68.6. The van der Waals surface area contributed by atoms with Gasteiger partial charge in [-0.05, 0) is 81.6 Å². The summed E-state index contributed by atoms with van der Waals surface area (Å²) in [5.74, 6) is -6.20. The van der Waals surface area contributed by atoms with Crippen LogP contribution in [0.25, 0.3) is 11.1 Å². The molecule has 4 atom stereocenters. The summed E-state index contributed by atoms with van der Waals surface area (Å²) in [6.07, 6.45) is 0.400. The van der Waals surface area contributed by atoms with Crippen molar-refractivity contribution >= 4 is 35.0 Å². The Labute approximate surface area is 277 Å². The molecule has 0 unspecified atom stereocenters. The molecule has 0 aliphatic heterocycles. The number of likely N-dealkylation sites (N-methyl/N-ethyl adjacent to an activating group) is 1. The maximum Gasteiger partial charge on any atom is 0.325 e. The van der Waals surface area contributed by atoms with Crippen LogP contribution >= 0.6 is 0 Å². The molecular weight excluding hydrogens is 620 g/mol. The normalized spacial score (nSPS) is 23.4. The first-order valence-electron chi connectivity index (χ1n) is 15.6. The Morgan fingerprint density at radius 2 is 1.79 bits per heavy atom. The van der Waals surface area contributed by atoms with E-state index in [-0.39, 0.29) is 59.6 Å². The SMILES string of the molecule is CCOC(=O)CNC(=O)c1cccc(-c2cc(N(C)C)c3c(c2O)C(=O)C2=C(C)[C@]4(O)C(=O)C(C(N)=O)=C(O)[C@H](N(C)C)[C@@H]4C[C@@H]2C3)c1. The lowest BCUT2D eigenvalue weighted by molar-refractivity contribution is -0.144. The molecule has 6 N–H and O–H groups in total. The molecule has 13 heteroatoms. The second kappa shape index (κ2) is 12.5. The largest absolute Gasteiger partial charge is 0.510 e. The molecule has 0 saturated heterocycles. The van der Waals surface area contributed by atoms with Gasteiger partial charge in [0.25, 0.3) is 11.8 Å². The van der Waals surface area contributed by atoms with Crippen LogP contribution in [0.3, 0.4) is 0 Å². The Balaban J connectivity index is 1.64. The number of hydrogen-bond donors (Lipinski definition) is 5. The number of carbonyl (C=O) groups is 5. The molecule has 5 rings (SSSR count). The van der Waals surface area contributed by atoms with Gasteiger partial charge in [0.15, 0.2) is 11.4 Å². The van der Waals surface area contributed by atoms with Gasteiger partial charge in [0.1, 0.15) is 23.6 Å². The van der Waals surface area contributed by atoms with Gasteiger partial charge < -0.3 is 36.0 Å². The van der Waals surface area contributed by atoms with Crippen LogP contribution in [-0.4, -0.2) is 103 Å². The van der Waals surface area contributed by atoms with Gasteiger partial charge >= 0.3 is 5.97 Å². The minimum atomic E-state index is -2.31. The highest BCUT2D eigenvalue weighted by Gasteiger charge is 2.61. The Bertz CT molecular complexity index is 1830. The number of nitrogens with one attached hydrogen (secondary N) is 1. The van der Waals surface area contributed by atoms with E-state index in [1.165, 1.54) is 13.0 Å². The van der Waals surface area contributed by atoms with Crippen LogP contribution in [-0.2, 0) is 25.5 Å². The summed E-state index contributed by atoms with van der Waals surface area (Å²) in [5.41, 5.74) is 4.78. The second-order valence-electron chi connectivity index (χ2n) is 12.8. The first-order valence-corrected chi connectivity index (χ1v) is 15.6. The topological polar surface area (TPSA) is 200 Å². The number of ether oxygens (including phenoxy) is 1. The number of rotatable bonds is 8. The molecule has 2 aromatic carbocycles. The number of carbonyl (C=O) groups excluding carboxylic acids is 5. The fourth-order valence-electron chi connectivity index (χ4n) is 7.55. The molecule has 254 valence electrons. The van der Waals surface area contributed by atoms with Gasteiger partial charge in [-0.1, -0.05) is 12.1 Å². The highest BCUT2D eigenvalue weighted by atomic mass is 16.5. The molecule has 2 amide bonds. The monoisotopic (exact) mass is 660 g/mol. The van der Waals surface area contributed by atoms with E-state index in [4.69, 9.17) is 10.5 Å². The van der Waals surface area contributed by atoms with Gasteiger partial charge in [0.05, 0.1) is 18.2 Å². The number of aromatic hydroxyl groups is 1. The molecule has 0 heterocycles. The van der Waals surface area contributed by atoms with Gasteiger partial charge in [-0.15, -0.1) is 0 Å². The number of phenolic OH excluding ortho intramolecular Hbond substituents is 1. The van der Waals surface area contributed by atoms with Crippen molar-refractivity contribution in [3.8, 4) is 16.9 Å². The maximum absolute atomic E-state index is 14.5. The molecule has 0 radical (unpaired) electrons. The third-order valence-corrected chi connectivity index (χ3v) is 9.67. The van der Waals surface area contributed by atoms with E-state index in [0.29, 0.717) is 16.8 Å². The zero-order valence-corrected chi connectivity index (χ0v) is 27.7. The number of fused-ring (bicyclic) bond motifs is 3. The fraction of sp³-hybridized carbons (Fsp3) is 0.400. The summed E-state index contributed by atoms with van der Waals surface area (Å²) in [7, 11) is 6.89. The Hall–Kier alpha value is -5.01. The van der Waals surface area contributed by atoms with Gasteiger partial charge in [0, 0.05) is 42.4 Å². The third-order valence-electron chi connectivity index (χ3n) is 9.67. The number of benzene rings is 2. The predicted octanol–water partition coefficient (Wildman–Crippen LogP) is 1.65. The summed E-state index contributed by atoms with van der Waals surface area (Å²) in [5, 5.41) is 37.5. The number of allylic oxidation sites excluding steroid dienone is 1. The summed E-state index contributed by atoms with van der Waals surface area (Å²) in [6, 6.07) is 7.15. The molecule has 13 nitrogen and oxygen atoms in total. The third kappa shape index (κ3) is 5.32. The number of aliphatic hydroxyl groups excluding tert-OH is 1. The van der Waals surface area contributed by atoms with Crippen LogP contribution in [0.15, 0.2) is 52.8 Å². The predicted molar refractivity (Wildman–Crippen MR) is 175 cm³/mol. The first-order chi connectivity index (χ1) is 22.6. The van der Waals surface area contributed by atoms with E-state index in [0.717, 1.165) is 0 Å². The number of anilines is 1. The number of nitrogens with two attached hydrogens (primary N) is 1. The van der Waals surface area contributed by atoms with E-state index in [2.05, 4.69) is 5.32 Å². The highest BCUT2D eigenvalue weighted by Crippen LogP contribution is 2.54. The second-order valence-corrected chi connectivity index (χ2v) is 12.8. The van der Waals surface area contributed by atoms with Gasteiger partial charge in [-0.3, -0.25) is 28.9 Å². The van der Waals surface area contributed by atoms with Crippen molar-refractivity contribution in [1.29, 1.82) is 0 Å². The Kier molecular flexibility index (Phi) is 8.97. The number of Topliss-reactive ketones (excluding diaryl/α,β-unsaturated/α-hetero) is 2. The van der Waals surface area contributed by atoms with E-state index in [9.17, 15) is 39.3 Å². The number of amides is 2. The first kappa shape index (κ1) is 34.3. The van der Waals surface area contributed by atoms with Gasteiger partial charge in [-0.25, -0.2) is 0 Å². The molecule has 3 aliphatic rings. The Morgan fingerprint density at radius 3 is 2.40 bits per heavy atom. The van der Waals surface area contributed by atoms with Crippen molar-refractivity contribution in [1.82, 2.24) is 10.2 Å². The van der Waals surface area contributed by atoms with Gasteiger partial charge in [0.2, 0.25) is 5.78 Å². The Morgan fingerprint density at radius 1 is 1.10 bits per heavy atom. The van der Waals surface area contributed by atoms with Crippen molar-refractivity contribution in [2.75, 3.05) is 46.2 Å². The number of esters is 1. The summed E-state index contributed by atoms with van der Waals surface area (Å²) < 4.78 is 4.86. The van der Waals surface area contributed by atoms with Crippen molar-refractivity contribution in [3.63, 3.8) is 0 Å². The molecule has 3 aliphatic carbocycles. The molecule has 0 bridgehead atoms. The van der Waals surface area contributed by atoms with Crippen molar-refractivity contribution in [2.45, 2.75) is 38.3 Å². The van der Waals surface area contributed by atoms with Crippen molar-refractivity contribution in [3.05, 3.63) is 69.5 Å². The van der Waals surface area contributed by atoms with Gasteiger partial charge in [-0.2, -0.15) is 0 Å². The quantitative estimate of drug-likeness (QED) is 0.204. The number of primary amides is 1. The van der Waals surface area contributed by atoms with E-state index in [1.54, 1.807) is 64.3 Å². The number of aliphatic hydroxyl groups is 2. The van der Waals surface area contributed by atoms with Crippen molar-refractivity contribution in [2.24, 2.45) is 17.6 Å². The molecule has 0 fully saturated rings. The number of hydrogen-bond acceptors (Lipinski definition) is 11. The highest BCUT2D eigenvalue weighted by molar-refractivity contribution is 6.25. The lowest BCUT2D eigenvalue weighted by atomic mass is 9.56. The number of ketones is 2. The molecular formula is C35H40N4O9. The van der Waals surface area contributed by atoms with Crippen LogP contribution in [0.2, 0.25) is 0 Å². The lowest BCUT2D eigenvalue weighted by Crippen LogP contribution is -2.63. The van der Waals surface area contributed by atoms with Crippen molar-refractivity contribution < 1.29 is 44.0 Å². The van der Waals surface area contributed by atoms with Crippen LogP contribution in [0.4, 0.5) is 5.69 Å². The van der Waals surface area contributed by atoms with E-state index < -0.39 is 64.2 Å². The molecule has 0 aromatic heterocycles. The van der Waals surface area contributed by atoms with Crippen LogP contribution in [0.1, 0.15) is 46.5 Å². The summed E-state index contributed by atoms with van der Waals surface area (Å²) in [6.45, 7) is 2.98. The number of phenols is 1. The zero-order chi connectivity index (χ0) is 35.4. The smallest absolute Gasteiger partial charge is 0.325 e. The molecule has 48 heavy (non-hydrogen) atoms. The van der Waals surface area contributed by atoms with Crippen LogP contribution in [0, 0.1) is 11.8 Å². The molecule has 0 spiro atoms. The minimum absolute atomic E-state index is 0.00180. The van der Waals surface area contributed by atoms with Crippen LogP contribution < -0.4 is 16.0 Å². The molecule has 2 aromatic rings.